The van der Waals surface area contributed by atoms with E-state index in [9.17, 15) is 4.79 Å². The van der Waals surface area contributed by atoms with E-state index in [2.05, 4.69) is 63.8 Å². The lowest BCUT2D eigenvalue weighted by atomic mass is 9.84. The number of nitrogens with zero attached hydrogens (tertiary/aromatic N) is 2. The minimum absolute atomic E-state index is 0.00363. The monoisotopic (exact) mass is 333 g/mol. The second-order valence-corrected chi connectivity index (χ2v) is 7.49. The maximum atomic E-state index is 13.1. The van der Waals surface area contributed by atoms with Crippen LogP contribution in [0.1, 0.15) is 46.2 Å². The topological polar surface area (TPSA) is 35.6 Å². The van der Waals surface area contributed by atoms with Crippen LogP contribution in [0.5, 0.6) is 0 Å². The van der Waals surface area contributed by atoms with Crippen molar-refractivity contribution in [1.82, 2.24) is 15.1 Å². The summed E-state index contributed by atoms with van der Waals surface area (Å²) < 4.78 is 0. The number of amides is 1. The van der Waals surface area contributed by atoms with Gasteiger partial charge in [0.25, 0.3) is 0 Å². The Morgan fingerprint density at radius 3 is 2.12 bits per heavy atom. The predicted octanol–water partition coefficient (Wildman–Crippen LogP) is 3.16. The number of rotatable bonds is 9. The van der Waals surface area contributed by atoms with Crippen molar-refractivity contribution in [2.75, 3.05) is 33.7 Å². The molecule has 0 bridgehead atoms. The van der Waals surface area contributed by atoms with Gasteiger partial charge in [0.15, 0.2) is 0 Å². The second-order valence-electron chi connectivity index (χ2n) is 7.49. The summed E-state index contributed by atoms with van der Waals surface area (Å²) in [5, 5.41) is 3.27. The van der Waals surface area contributed by atoms with Crippen molar-refractivity contribution >= 4 is 5.91 Å². The molecule has 0 aromatic heterocycles. The van der Waals surface area contributed by atoms with E-state index >= 15 is 0 Å². The SMILES string of the molecule is CCN(CC)[C@H](C(=O)N[C@@H](C)C(C)(C)CN(C)C)c1ccccc1. The molecule has 4 nitrogen and oxygen atoms in total. The number of hydrogen-bond acceptors (Lipinski definition) is 3. The Morgan fingerprint density at radius 2 is 1.67 bits per heavy atom. The van der Waals surface area contributed by atoms with Crippen molar-refractivity contribution in [3.8, 4) is 0 Å². The van der Waals surface area contributed by atoms with Gasteiger partial charge in [-0.25, -0.2) is 0 Å². The molecule has 0 unspecified atom stereocenters. The molecule has 0 aliphatic rings. The summed E-state index contributed by atoms with van der Waals surface area (Å²) in [6.07, 6.45) is 0. The number of likely N-dealkylation sites (N-methyl/N-ethyl adjacent to an activating group) is 1. The molecule has 0 aliphatic carbocycles. The Kier molecular flexibility index (Phi) is 7.91. The van der Waals surface area contributed by atoms with Crippen molar-refractivity contribution in [2.45, 2.75) is 46.7 Å². The highest BCUT2D eigenvalue weighted by Gasteiger charge is 2.32. The van der Waals surface area contributed by atoms with E-state index in [1.54, 1.807) is 0 Å². The highest BCUT2D eigenvalue weighted by atomic mass is 16.2. The van der Waals surface area contributed by atoms with Gasteiger partial charge in [-0.2, -0.15) is 0 Å². The molecule has 1 rings (SSSR count). The Balaban J connectivity index is 2.97. The molecule has 0 heterocycles. The Morgan fingerprint density at radius 1 is 1.12 bits per heavy atom. The Bertz CT molecular complexity index is 495. The maximum absolute atomic E-state index is 13.1. The third-order valence-corrected chi connectivity index (χ3v) is 4.80. The van der Waals surface area contributed by atoms with Gasteiger partial charge >= 0.3 is 0 Å². The second kappa shape index (κ2) is 9.19. The first-order valence-electron chi connectivity index (χ1n) is 8.97. The van der Waals surface area contributed by atoms with Crippen LogP contribution in [-0.2, 0) is 4.79 Å². The van der Waals surface area contributed by atoms with E-state index in [-0.39, 0.29) is 23.4 Å². The number of nitrogens with one attached hydrogen (secondary N) is 1. The zero-order valence-corrected chi connectivity index (χ0v) is 16.5. The molecule has 2 atom stereocenters. The van der Waals surface area contributed by atoms with Gasteiger partial charge < -0.3 is 10.2 Å². The lowest BCUT2D eigenvalue weighted by Crippen LogP contribution is -2.50. The summed E-state index contributed by atoms with van der Waals surface area (Å²) in [5.41, 5.74) is 1.06. The summed E-state index contributed by atoms with van der Waals surface area (Å²) in [6, 6.07) is 9.92. The third kappa shape index (κ3) is 5.60. The van der Waals surface area contributed by atoms with E-state index in [0.29, 0.717) is 0 Å². The molecule has 0 saturated carbocycles. The van der Waals surface area contributed by atoms with Crippen molar-refractivity contribution < 1.29 is 4.79 Å². The molecule has 136 valence electrons. The molecule has 0 aliphatic heterocycles. The van der Waals surface area contributed by atoms with Gasteiger partial charge in [-0.15, -0.1) is 0 Å². The Hall–Kier alpha value is -1.39. The zero-order valence-electron chi connectivity index (χ0n) is 16.5. The van der Waals surface area contributed by atoms with Gasteiger partial charge in [0.05, 0.1) is 0 Å². The summed E-state index contributed by atoms with van der Waals surface area (Å²) >= 11 is 0. The minimum atomic E-state index is -0.237. The van der Waals surface area contributed by atoms with Gasteiger partial charge in [0, 0.05) is 12.6 Å². The molecule has 0 fully saturated rings. The predicted molar refractivity (Wildman–Crippen MR) is 102 cm³/mol. The minimum Gasteiger partial charge on any atom is -0.351 e. The number of hydrogen-bond donors (Lipinski definition) is 1. The van der Waals surface area contributed by atoms with Crippen LogP contribution in [0.15, 0.2) is 30.3 Å². The number of carbonyl (C=O) groups is 1. The van der Waals surface area contributed by atoms with Crippen molar-refractivity contribution in [1.29, 1.82) is 0 Å². The van der Waals surface area contributed by atoms with Crippen molar-refractivity contribution in [2.24, 2.45) is 5.41 Å². The molecular weight excluding hydrogens is 298 g/mol. The highest BCUT2D eigenvalue weighted by molar-refractivity contribution is 5.83. The molecule has 0 spiro atoms. The largest absolute Gasteiger partial charge is 0.351 e. The molecule has 1 aromatic rings. The van der Waals surface area contributed by atoms with E-state index < -0.39 is 0 Å². The maximum Gasteiger partial charge on any atom is 0.242 e. The first kappa shape index (κ1) is 20.7. The number of carbonyl (C=O) groups excluding carboxylic acids is 1. The normalized spacial score (nSPS) is 14.7. The first-order valence-corrected chi connectivity index (χ1v) is 8.97. The molecular formula is C20H35N3O. The quantitative estimate of drug-likeness (QED) is 0.754. The van der Waals surface area contributed by atoms with Crippen LogP contribution in [0.4, 0.5) is 0 Å². The lowest BCUT2D eigenvalue weighted by Gasteiger charge is -2.37. The Labute approximate surface area is 148 Å². The molecule has 1 N–H and O–H groups in total. The van der Waals surface area contributed by atoms with Gasteiger partial charge in [-0.3, -0.25) is 9.69 Å². The van der Waals surface area contributed by atoms with E-state index in [1.807, 2.05) is 30.3 Å². The molecule has 0 radical (unpaired) electrons. The van der Waals surface area contributed by atoms with Gasteiger partial charge in [-0.1, -0.05) is 58.0 Å². The summed E-state index contributed by atoms with van der Waals surface area (Å²) in [6.45, 7) is 13.3. The molecule has 1 amide bonds. The van der Waals surface area contributed by atoms with Crippen LogP contribution in [0.2, 0.25) is 0 Å². The summed E-state index contributed by atoms with van der Waals surface area (Å²) in [7, 11) is 4.14. The van der Waals surface area contributed by atoms with Crippen LogP contribution in [0.3, 0.4) is 0 Å². The van der Waals surface area contributed by atoms with Crippen LogP contribution in [0, 0.1) is 5.41 Å². The number of benzene rings is 1. The van der Waals surface area contributed by atoms with Crippen molar-refractivity contribution in [3.05, 3.63) is 35.9 Å². The van der Waals surface area contributed by atoms with Gasteiger partial charge in [0.2, 0.25) is 5.91 Å². The van der Waals surface area contributed by atoms with Crippen molar-refractivity contribution in [3.63, 3.8) is 0 Å². The van der Waals surface area contributed by atoms with Crippen LogP contribution < -0.4 is 5.32 Å². The zero-order chi connectivity index (χ0) is 18.3. The molecule has 4 heteroatoms. The van der Waals surface area contributed by atoms with E-state index in [4.69, 9.17) is 0 Å². The van der Waals surface area contributed by atoms with E-state index in [1.165, 1.54) is 0 Å². The average Bonchev–Trinajstić information content (AvgIpc) is 2.51. The third-order valence-electron chi connectivity index (χ3n) is 4.80. The molecule has 0 saturated heterocycles. The van der Waals surface area contributed by atoms with E-state index in [0.717, 1.165) is 25.2 Å². The average molecular weight is 334 g/mol. The van der Waals surface area contributed by atoms with Crippen LogP contribution in [-0.4, -0.2) is 55.5 Å². The fraction of sp³-hybridized carbons (Fsp3) is 0.650. The fourth-order valence-electron chi connectivity index (χ4n) is 3.19. The summed E-state index contributed by atoms with van der Waals surface area (Å²) in [5.74, 6) is 0.0873. The smallest absolute Gasteiger partial charge is 0.242 e. The van der Waals surface area contributed by atoms with Crippen LogP contribution in [0.25, 0.3) is 0 Å². The highest BCUT2D eigenvalue weighted by Crippen LogP contribution is 2.25. The first-order chi connectivity index (χ1) is 11.2. The fourth-order valence-corrected chi connectivity index (χ4v) is 3.19. The van der Waals surface area contributed by atoms with Gasteiger partial charge in [0.1, 0.15) is 6.04 Å². The molecule has 1 aromatic carbocycles. The summed E-state index contributed by atoms with van der Waals surface area (Å²) in [4.78, 5) is 17.5. The lowest BCUT2D eigenvalue weighted by molar-refractivity contribution is -0.128. The standard InChI is InChI=1S/C20H35N3O/c1-8-23(9-2)18(17-13-11-10-12-14-17)19(24)21-16(3)20(4,5)15-22(6)7/h10-14,16,18H,8-9,15H2,1-7H3,(H,21,24)/t16-,18-/m0/s1. The van der Waals surface area contributed by atoms with Gasteiger partial charge in [-0.05, 0) is 45.1 Å². The molecule has 24 heavy (non-hydrogen) atoms. The van der Waals surface area contributed by atoms with Crippen LogP contribution >= 0.6 is 0 Å².